The van der Waals surface area contributed by atoms with E-state index in [4.69, 9.17) is 0 Å². The molecule has 0 heterocycles. The van der Waals surface area contributed by atoms with Crippen molar-refractivity contribution in [3.63, 3.8) is 0 Å². The van der Waals surface area contributed by atoms with Crippen LogP contribution in [0.2, 0.25) is 0 Å². The van der Waals surface area contributed by atoms with Gasteiger partial charge >= 0.3 is 0 Å². The summed E-state index contributed by atoms with van der Waals surface area (Å²) in [4.78, 5) is 12.6. The Morgan fingerprint density at radius 3 is 1.29 bits per heavy atom. The number of amides is 1. The minimum atomic E-state index is -4.45. The van der Waals surface area contributed by atoms with Crippen LogP contribution in [0, 0.1) is 0 Å². The first-order valence-corrected chi connectivity index (χ1v) is 23.3. The number of allylic oxidation sites excluding steroid dienone is 3. The maximum absolute atomic E-state index is 12.6. The molecule has 0 saturated heterocycles. The lowest BCUT2D eigenvalue weighted by molar-refractivity contribution is -0.130. The van der Waals surface area contributed by atoms with E-state index >= 15 is 0 Å². The third kappa shape index (κ3) is 36.9. The molecule has 302 valence electrons. The Labute approximate surface area is 316 Å². The maximum atomic E-state index is 12.6. The van der Waals surface area contributed by atoms with Gasteiger partial charge in [-0.3, -0.25) is 9.35 Å². The third-order valence-corrected chi connectivity index (χ3v) is 10.8. The van der Waals surface area contributed by atoms with E-state index < -0.39 is 40.0 Å². The van der Waals surface area contributed by atoms with Crippen LogP contribution in [-0.2, 0) is 14.9 Å². The second-order valence-electron chi connectivity index (χ2n) is 15.1. The van der Waals surface area contributed by atoms with Crippen molar-refractivity contribution in [1.82, 2.24) is 5.32 Å². The predicted molar refractivity (Wildman–Crippen MR) is 218 cm³/mol. The number of hydrogen-bond donors (Lipinski definition) is 4. The van der Waals surface area contributed by atoms with Crippen LogP contribution >= 0.6 is 0 Å². The number of nitrogens with one attached hydrogen (secondary N) is 1. The fourth-order valence-electron chi connectivity index (χ4n) is 6.65. The van der Waals surface area contributed by atoms with Crippen LogP contribution in [0.4, 0.5) is 0 Å². The summed E-state index contributed by atoms with van der Waals surface area (Å²) in [5.41, 5.74) is 0. The van der Waals surface area contributed by atoms with Gasteiger partial charge in [0.05, 0.1) is 17.9 Å². The normalized spacial score (nSPS) is 14.1. The number of carbonyl (C=O) groups is 1. The van der Waals surface area contributed by atoms with E-state index in [-0.39, 0.29) is 6.42 Å². The molecule has 0 fully saturated rings. The van der Waals surface area contributed by atoms with Gasteiger partial charge in [-0.25, -0.2) is 0 Å². The minimum absolute atomic E-state index is 0.278. The highest BCUT2D eigenvalue weighted by Crippen LogP contribution is 2.16. The second-order valence-corrected chi connectivity index (χ2v) is 16.6. The van der Waals surface area contributed by atoms with Gasteiger partial charge < -0.3 is 15.5 Å². The first kappa shape index (κ1) is 49.8. The zero-order valence-corrected chi connectivity index (χ0v) is 34.2. The zero-order valence-electron chi connectivity index (χ0n) is 33.4. The molecule has 0 spiro atoms. The minimum Gasteiger partial charge on any atom is -0.387 e. The molecule has 1 amide bonds. The Morgan fingerprint density at radius 2 is 0.882 bits per heavy atom. The van der Waals surface area contributed by atoms with Crippen LogP contribution < -0.4 is 5.32 Å². The standard InChI is InChI=1S/C43H83NO6S/c1-3-5-7-9-11-13-15-17-18-19-20-21-22-23-24-25-26-28-30-32-34-36-38-42(46)43(47)44-40(39-51(48,49)50)41(45)37-35-33-31-29-27-16-14-12-10-8-6-4-2/h27,29,35,37,40-42,45-46H,3-26,28,30-34,36,38-39H2,1-2H3,(H,44,47)(H,48,49,50)/b29-27+,37-35+. The molecule has 0 aromatic carbocycles. The average Bonchev–Trinajstić information content (AvgIpc) is 3.09. The Balaban J connectivity index is 3.92. The van der Waals surface area contributed by atoms with Crippen molar-refractivity contribution in [2.45, 2.75) is 238 Å². The summed E-state index contributed by atoms with van der Waals surface area (Å²) in [5.74, 6) is -1.55. The second kappa shape index (κ2) is 37.1. The number of unbranched alkanes of at least 4 members (excludes halogenated alkanes) is 28. The summed E-state index contributed by atoms with van der Waals surface area (Å²) < 4.78 is 32.5. The Bertz CT molecular complexity index is 921. The molecule has 0 radical (unpaired) electrons. The molecule has 4 N–H and O–H groups in total. The van der Waals surface area contributed by atoms with Crippen molar-refractivity contribution in [3.8, 4) is 0 Å². The van der Waals surface area contributed by atoms with E-state index in [1.807, 2.05) is 0 Å². The van der Waals surface area contributed by atoms with E-state index in [9.17, 15) is 28.0 Å². The summed E-state index contributed by atoms with van der Waals surface area (Å²) in [7, 11) is -4.45. The van der Waals surface area contributed by atoms with E-state index in [2.05, 4.69) is 31.3 Å². The van der Waals surface area contributed by atoms with E-state index in [1.165, 1.54) is 160 Å². The molecule has 0 bridgehead atoms. The third-order valence-electron chi connectivity index (χ3n) is 9.99. The van der Waals surface area contributed by atoms with Gasteiger partial charge in [0, 0.05) is 0 Å². The quantitative estimate of drug-likeness (QED) is 0.0282. The lowest BCUT2D eigenvalue weighted by Gasteiger charge is -2.22. The van der Waals surface area contributed by atoms with Crippen LogP contribution in [0.15, 0.2) is 24.3 Å². The van der Waals surface area contributed by atoms with Gasteiger partial charge in [0.2, 0.25) is 5.91 Å². The van der Waals surface area contributed by atoms with Crippen LogP contribution in [0.3, 0.4) is 0 Å². The summed E-state index contributed by atoms with van der Waals surface area (Å²) in [6, 6.07) is -1.24. The summed E-state index contributed by atoms with van der Waals surface area (Å²) in [5, 5.41) is 23.4. The molecule has 51 heavy (non-hydrogen) atoms. The van der Waals surface area contributed by atoms with Crippen molar-refractivity contribution in [1.29, 1.82) is 0 Å². The molecule has 8 heteroatoms. The van der Waals surface area contributed by atoms with Crippen molar-refractivity contribution in [3.05, 3.63) is 24.3 Å². The number of rotatable bonds is 39. The summed E-state index contributed by atoms with van der Waals surface area (Å²) >= 11 is 0. The average molecular weight is 742 g/mol. The maximum Gasteiger partial charge on any atom is 0.267 e. The van der Waals surface area contributed by atoms with Crippen molar-refractivity contribution >= 4 is 16.0 Å². The molecule has 0 saturated carbocycles. The fraction of sp³-hybridized carbons (Fsp3) is 0.884. The van der Waals surface area contributed by atoms with Crippen LogP contribution in [0.5, 0.6) is 0 Å². The number of aliphatic hydroxyl groups is 2. The van der Waals surface area contributed by atoms with Crippen LogP contribution in [-0.4, -0.2) is 53.1 Å². The van der Waals surface area contributed by atoms with Crippen LogP contribution in [0.1, 0.15) is 219 Å². The highest BCUT2D eigenvalue weighted by atomic mass is 32.2. The first-order chi connectivity index (χ1) is 24.7. The molecule has 0 rings (SSSR count). The largest absolute Gasteiger partial charge is 0.387 e. The molecule has 0 aromatic heterocycles. The van der Waals surface area contributed by atoms with E-state index in [0.717, 1.165) is 32.1 Å². The summed E-state index contributed by atoms with van der Waals surface area (Å²) in [6.07, 6.45) is 43.9. The highest BCUT2D eigenvalue weighted by Gasteiger charge is 2.27. The van der Waals surface area contributed by atoms with Gasteiger partial charge in [-0.1, -0.05) is 212 Å². The molecule has 0 aliphatic carbocycles. The van der Waals surface area contributed by atoms with Crippen molar-refractivity contribution < 1.29 is 28.0 Å². The Morgan fingerprint density at radius 1 is 0.529 bits per heavy atom. The Kier molecular flexibility index (Phi) is 36.2. The number of hydrogen-bond acceptors (Lipinski definition) is 5. The van der Waals surface area contributed by atoms with Crippen molar-refractivity contribution in [2.75, 3.05) is 5.75 Å². The van der Waals surface area contributed by atoms with Gasteiger partial charge in [0.15, 0.2) is 0 Å². The first-order valence-electron chi connectivity index (χ1n) is 21.6. The van der Waals surface area contributed by atoms with Gasteiger partial charge in [-0.05, 0) is 32.1 Å². The van der Waals surface area contributed by atoms with E-state index in [1.54, 1.807) is 6.08 Å². The number of carbonyl (C=O) groups excluding carboxylic acids is 1. The van der Waals surface area contributed by atoms with Crippen molar-refractivity contribution in [2.24, 2.45) is 0 Å². The Hall–Kier alpha value is -1.22. The molecule has 0 aliphatic rings. The highest BCUT2D eigenvalue weighted by molar-refractivity contribution is 7.85. The topological polar surface area (TPSA) is 124 Å². The lowest BCUT2D eigenvalue weighted by Crippen LogP contribution is -2.50. The summed E-state index contributed by atoms with van der Waals surface area (Å²) in [6.45, 7) is 4.50. The number of aliphatic hydroxyl groups excluding tert-OH is 2. The molecule has 3 atom stereocenters. The van der Waals surface area contributed by atoms with Gasteiger partial charge in [0.1, 0.15) is 6.10 Å². The fourth-order valence-corrected chi connectivity index (χ4v) is 7.38. The SMILES string of the molecule is CCCCCCCC/C=C/CC/C=C/C(O)C(CS(=O)(=O)O)NC(=O)C(O)CCCCCCCCCCCCCCCCCCCCCCCC. The van der Waals surface area contributed by atoms with Crippen LogP contribution in [0.25, 0.3) is 0 Å². The van der Waals surface area contributed by atoms with Gasteiger partial charge in [0.25, 0.3) is 10.1 Å². The van der Waals surface area contributed by atoms with Gasteiger partial charge in [-0.15, -0.1) is 0 Å². The smallest absolute Gasteiger partial charge is 0.267 e. The molecule has 0 aromatic rings. The molecular formula is C43H83NO6S. The van der Waals surface area contributed by atoms with E-state index in [0.29, 0.717) is 12.8 Å². The predicted octanol–water partition coefficient (Wildman–Crippen LogP) is 11.7. The molecule has 7 nitrogen and oxygen atoms in total. The molecule has 0 aliphatic heterocycles. The zero-order chi connectivity index (χ0) is 37.7. The molecule has 3 unspecified atom stereocenters. The monoisotopic (exact) mass is 742 g/mol. The van der Waals surface area contributed by atoms with Gasteiger partial charge in [-0.2, -0.15) is 8.42 Å². The molecular weight excluding hydrogens is 659 g/mol. The lowest BCUT2D eigenvalue weighted by atomic mass is 10.0.